The van der Waals surface area contributed by atoms with Gasteiger partial charge in [-0.25, -0.2) is 0 Å². The minimum absolute atomic E-state index is 0.401. The SMILES string of the molecule is CCC(CC)(CBr)CN1c2ccccc2CCC1C. The highest BCUT2D eigenvalue weighted by molar-refractivity contribution is 9.09. The van der Waals surface area contributed by atoms with Gasteiger partial charge < -0.3 is 4.90 Å². The lowest BCUT2D eigenvalue weighted by atomic mass is 9.82. The smallest absolute Gasteiger partial charge is 0.0401 e. The molecule has 0 aliphatic carbocycles. The number of hydrogen-bond donors (Lipinski definition) is 0. The number of alkyl halides is 1. The molecule has 0 saturated carbocycles. The Morgan fingerprint density at radius 2 is 1.95 bits per heavy atom. The first-order valence-electron chi connectivity index (χ1n) is 7.56. The van der Waals surface area contributed by atoms with Gasteiger partial charge in [-0.2, -0.15) is 0 Å². The molecule has 1 unspecified atom stereocenters. The lowest BCUT2D eigenvalue weighted by Crippen LogP contribution is -2.45. The van der Waals surface area contributed by atoms with E-state index in [1.165, 1.54) is 43.5 Å². The Hall–Kier alpha value is -0.500. The van der Waals surface area contributed by atoms with E-state index in [1.807, 2.05) is 0 Å². The van der Waals surface area contributed by atoms with Gasteiger partial charge in [-0.3, -0.25) is 0 Å². The maximum Gasteiger partial charge on any atom is 0.0401 e. The first kappa shape index (κ1) is 14.9. The molecule has 106 valence electrons. The predicted molar refractivity (Wildman–Crippen MR) is 88.4 cm³/mol. The van der Waals surface area contributed by atoms with Gasteiger partial charge in [0.1, 0.15) is 0 Å². The Kier molecular flexibility index (Phi) is 4.94. The molecule has 0 bridgehead atoms. The number of anilines is 1. The third-order valence-corrected chi connectivity index (χ3v) is 6.14. The monoisotopic (exact) mass is 323 g/mol. The van der Waals surface area contributed by atoms with Crippen molar-refractivity contribution in [3.05, 3.63) is 29.8 Å². The topological polar surface area (TPSA) is 3.24 Å². The van der Waals surface area contributed by atoms with E-state index in [0.717, 1.165) is 5.33 Å². The summed E-state index contributed by atoms with van der Waals surface area (Å²) in [6, 6.07) is 9.60. The standard InChI is InChI=1S/C17H26BrN/c1-4-17(5-2,12-18)13-19-14(3)10-11-15-8-6-7-9-16(15)19/h6-9,14H,4-5,10-13H2,1-3H3. The van der Waals surface area contributed by atoms with Crippen LogP contribution in [-0.4, -0.2) is 17.9 Å². The zero-order valence-corrected chi connectivity index (χ0v) is 14.0. The molecule has 0 radical (unpaired) electrons. The van der Waals surface area contributed by atoms with Crippen LogP contribution in [0.25, 0.3) is 0 Å². The molecule has 1 aromatic carbocycles. The van der Waals surface area contributed by atoms with Crippen LogP contribution < -0.4 is 4.90 Å². The second kappa shape index (κ2) is 6.30. The summed E-state index contributed by atoms with van der Waals surface area (Å²) in [4.78, 5) is 2.65. The fourth-order valence-corrected chi connectivity index (χ4v) is 4.04. The zero-order chi connectivity index (χ0) is 13.9. The fourth-order valence-electron chi connectivity index (χ4n) is 3.07. The highest BCUT2D eigenvalue weighted by Crippen LogP contribution is 2.37. The maximum atomic E-state index is 3.75. The molecular formula is C17H26BrN. The molecular weight excluding hydrogens is 298 g/mol. The minimum Gasteiger partial charge on any atom is -0.368 e. The quantitative estimate of drug-likeness (QED) is 0.687. The van der Waals surface area contributed by atoms with Gasteiger partial charge >= 0.3 is 0 Å². The van der Waals surface area contributed by atoms with Crippen molar-refractivity contribution in [3.8, 4) is 0 Å². The Balaban J connectivity index is 2.28. The van der Waals surface area contributed by atoms with Gasteiger partial charge in [0.25, 0.3) is 0 Å². The van der Waals surface area contributed by atoms with Gasteiger partial charge in [0, 0.05) is 23.6 Å². The maximum absolute atomic E-state index is 3.75. The van der Waals surface area contributed by atoms with Crippen LogP contribution in [0.4, 0.5) is 5.69 Å². The van der Waals surface area contributed by atoms with Gasteiger partial charge in [0.05, 0.1) is 0 Å². The zero-order valence-electron chi connectivity index (χ0n) is 12.5. The van der Waals surface area contributed by atoms with Crippen molar-refractivity contribution in [3.63, 3.8) is 0 Å². The Morgan fingerprint density at radius 1 is 1.26 bits per heavy atom. The molecule has 1 atom stereocenters. The third kappa shape index (κ3) is 2.99. The van der Waals surface area contributed by atoms with E-state index in [2.05, 4.69) is 65.9 Å². The summed E-state index contributed by atoms with van der Waals surface area (Å²) < 4.78 is 0. The van der Waals surface area contributed by atoms with E-state index >= 15 is 0 Å². The summed E-state index contributed by atoms with van der Waals surface area (Å²) in [5.74, 6) is 0. The van der Waals surface area contributed by atoms with E-state index in [4.69, 9.17) is 0 Å². The average Bonchev–Trinajstić information content (AvgIpc) is 2.47. The summed E-state index contributed by atoms with van der Waals surface area (Å²) in [5, 5.41) is 1.10. The predicted octanol–water partition coefficient (Wildman–Crippen LogP) is 5.03. The van der Waals surface area contributed by atoms with Crippen molar-refractivity contribution in [1.29, 1.82) is 0 Å². The molecule has 2 heteroatoms. The molecule has 0 fully saturated rings. The molecule has 1 heterocycles. The second-order valence-electron chi connectivity index (χ2n) is 5.99. The molecule has 0 spiro atoms. The molecule has 0 saturated heterocycles. The normalized spacial score (nSPS) is 19.4. The lowest BCUT2D eigenvalue weighted by Gasteiger charge is -2.43. The number of aryl methyl sites for hydroxylation is 1. The molecule has 0 amide bonds. The van der Waals surface area contributed by atoms with E-state index < -0.39 is 0 Å². The molecule has 0 N–H and O–H groups in total. The van der Waals surface area contributed by atoms with Gasteiger partial charge in [-0.15, -0.1) is 0 Å². The van der Waals surface area contributed by atoms with Crippen molar-refractivity contribution in [1.82, 2.24) is 0 Å². The highest BCUT2D eigenvalue weighted by Gasteiger charge is 2.32. The van der Waals surface area contributed by atoms with E-state index in [0.29, 0.717) is 11.5 Å². The molecule has 1 aromatic rings. The van der Waals surface area contributed by atoms with E-state index in [1.54, 1.807) is 0 Å². The van der Waals surface area contributed by atoms with E-state index in [9.17, 15) is 0 Å². The van der Waals surface area contributed by atoms with Gasteiger partial charge in [-0.1, -0.05) is 48.0 Å². The summed E-state index contributed by atoms with van der Waals surface area (Å²) in [5.41, 5.74) is 3.39. The molecule has 0 aromatic heterocycles. The molecule has 2 rings (SSSR count). The summed E-state index contributed by atoms with van der Waals surface area (Å²) in [7, 11) is 0. The molecule has 19 heavy (non-hydrogen) atoms. The van der Waals surface area contributed by atoms with E-state index in [-0.39, 0.29) is 0 Å². The molecule has 1 nitrogen and oxygen atoms in total. The van der Waals surface area contributed by atoms with Crippen LogP contribution in [0.2, 0.25) is 0 Å². The largest absolute Gasteiger partial charge is 0.368 e. The van der Waals surface area contributed by atoms with Crippen molar-refractivity contribution in [2.24, 2.45) is 5.41 Å². The minimum atomic E-state index is 0.401. The number of para-hydroxylation sites is 1. The van der Waals surface area contributed by atoms with Crippen LogP contribution in [-0.2, 0) is 6.42 Å². The van der Waals surface area contributed by atoms with Crippen molar-refractivity contribution >= 4 is 21.6 Å². The second-order valence-corrected chi connectivity index (χ2v) is 6.55. The van der Waals surface area contributed by atoms with Crippen LogP contribution in [0, 0.1) is 5.41 Å². The number of hydrogen-bond acceptors (Lipinski definition) is 1. The Labute approximate surface area is 126 Å². The number of fused-ring (bicyclic) bond motifs is 1. The number of benzene rings is 1. The van der Waals surface area contributed by atoms with Crippen LogP contribution in [0.1, 0.15) is 45.6 Å². The van der Waals surface area contributed by atoms with Gasteiger partial charge in [-0.05, 0) is 49.7 Å². The first-order valence-corrected chi connectivity index (χ1v) is 8.68. The number of rotatable bonds is 5. The number of nitrogens with zero attached hydrogens (tertiary/aromatic N) is 1. The van der Waals surface area contributed by atoms with Crippen molar-refractivity contribution < 1.29 is 0 Å². The molecule has 1 aliphatic heterocycles. The lowest BCUT2D eigenvalue weighted by molar-refractivity contribution is 0.299. The summed E-state index contributed by atoms with van der Waals surface area (Å²) >= 11 is 3.75. The van der Waals surface area contributed by atoms with Crippen LogP contribution in [0.3, 0.4) is 0 Å². The fraction of sp³-hybridized carbons (Fsp3) is 0.647. The van der Waals surface area contributed by atoms with Crippen LogP contribution in [0.5, 0.6) is 0 Å². The molecule has 1 aliphatic rings. The average molecular weight is 324 g/mol. The van der Waals surface area contributed by atoms with Gasteiger partial charge in [0.15, 0.2) is 0 Å². The summed E-state index contributed by atoms with van der Waals surface area (Å²) in [6.45, 7) is 8.19. The number of halogens is 1. The van der Waals surface area contributed by atoms with Crippen molar-refractivity contribution in [2.75, 3.05) is 16.8 Å². The Morgan fingerprint density at radius 3 is 2.58 bits per heavy atom. The van der Waals surface area contributed by atoms with Crippen LogP contribution >= 0.6 is 15.9 Å². The highest BCUT2D eigenvalue weighted by atomic mass is 79.9. The van der Waals surface area contributed by atoms with Crippen LogP contribution in [0.15, 0.2) is 24.3 Å². The van der Waals surface area contributed by atoms with Gasteiger partial charge in [0.2, 0.25) is 0 Å². The van der Waals surface area contributed by atoms with Crippen molar-refractivity contribution in [2.45, 2.75) is 52.5 Å². The third-order valence-electron chi connectivity index (χ3n) is 4.95. The summed E-state index contributed by atoms with van der Waals surface area (Å²) in [6.07, 6.45) is 4.98. The Bertz CT molecular complexity index is 403. The first-order chi connectivity index (χ1) is 9.15.